The molecule has 0 aromatic carbocycles. The maximum absolute atomic E-state index is 12.5. The van der Waals surface area contributed by atoms with Crippen molar-refractivity contribution in [2.75, 3.05) is 18.4 Å². The summed E-state index contributed by atoms with van der Waals surface area (Å²) in [4.78, 5) is 21.3. The van der Waals surface area contributed by atoms with E-state index in [1.165, 1.54) is 0 Å². The van der Waals surface area contributed by atoms with Gasteiger partial charge in [0.05, 0.1) is 0 Å². The number of pyridine rings is 1. The molecule has 5 heteroatoms. The van der Waals surface area contributed by atoms with Crippen molar-refractivity contribution in [1.29, 1.82) is 0 Å². The summed E-state index contributed by atoms with van der Waals surface area (Å²) in [6, 6.07) is 5.52. The zero-order valence-corrected chi connectivity index (χ0v) is 12.0. The van der Waals surface area contributed by atoms with E-state index in [0.29, 0.717) is 23.6 Å². The summed E-state index contributed by atoms with van der Waals surface area (Å²) in [5.74, 6) is 0.614. The van der Waals surface area contributed by atoms with E-state index >= 15 is 0 Å². The van der Waals surface area contributed by atoms with Crippen molar-refractivity contribution in [2.24, 2.45) is 4.99 Å². The first-order valence-electron chi connectivity index (χ1n) is 7.03. The van der Waals surface area contributed by atoms with Gasteiger partial charge in [0, 0.05) is 25.5 Å². The number of anilines is 1. The van der Waals surface area contributed by atoms with Crippen molar-refractivity contribution >= 4 is 17.7 Å². The Bertz CT molecular complexity index is 660. The third-order valence-corrected chi connectivity index (χ3v) is 2.88. The van der Waals surface area contributed by atoms with Gasteiger partial charge in [-0.15, -0.1) is 0 Å². The van der Waals surface area contributed by atoms with Gasteiger partial charge >= 0.3 is 0 Å². The van der Waals surface area contributed by atoms with E-state index in [1.54, 1.807) is 16.8 Å². The minimum absolute atomic E-state index is 0.0888. The van der Waals surface area contributed by atoms with Gasteiger partial charge in [-0.25, -0.2) is 4.98 Å². The molecule has 0 radical (unpaired) electrons. The molecule has 0 bridgehead atoms. The molecular formula is C15H20N4O. The molecule has 20 heavy (non-hydrogen) atoms. The Morgan fingerprint density at radius 3 is 2.95 bits per heavy atom. The van der Waals surface area contributed by atoms with E-state index in [9.17, 15) is 4.79 Å². The van der Waals surface area contributed by atoms with Crippen molar-refractivity contribution in [3.05, 3.63) is 40.3 Å². The molecule has 0 saturated carbocycles. The molecule has 0 amide bonds. The Kier molecular flexibility index (Phi) is 4.87. The molecule has 2 aromatic heterocycles. The predicted molar refractivity (Wildman–Crippen MR) is 83.0 cm³/mol. The van der Waals surface area contributed by atoms with Crippen LogP contribution in [0, 0.1) is 0 Å². The van der Waals surface area contributed by atoms with Crippen LogP contribution in [0.1, 0.15) is 32.3 Å². The van der Waals surface area contributed by atoms with Gasteiger partial charge in [-0.05, 0) is 25.0 Å². The molecule has 2 aromatic rings. The van der Waals surface area contributed by atoms with Crippen molar-refractivity contribution < 1.29 is 0 Å². The van der Waals surface area contributed by atoms with Gasteiger partial charge in [0.2, 0.25) is 0 Å². The molecule has 0 aliphatic heterocycles. The summed E-state index contributed by atoms with van der Waals surface area (Å²) in [6.07, 6.45) is 5.29. The summed E-state index contributed by atoms with van der Waals surface area (Å²) >= 11 is 0. The van der Waals surface area contributed by atoms with Crippen LogP contribution in [0.4, 0.5) is 5.82 Å². The zero-order valence-electron chi connectivity index (χ0n) is 12.0. The molecule has 0 spiro atoms. The number of aromatic nitrogens is 2. The highest BCUT2D eigenvalue weighted by Crippen LogP contribution is 2.09. The number of aliphatic imine (C=N–C) groups is 1. The van der Waals surface area contributed by atoms with E-state index in [1.807, 2.05) is 18.2 Å². The van der Waals surface area contributed by atoms with Gasteiger partial charge in [-0.2, -0.15) is 0 Å². The first-order valence-corrected chi connectivity index (χ1v) is 7.03. The first-order chi connectivity index (χ1) is 9.77. The van der Waals surface area contributed by atoms with E-state index in [2.05, 4.69) is 29.1 Å². The molecule has 0 atom stereocenters. The fourth-order valence-electron chi connectivity index (χ4n) is 1.88. The van der Waals surface area contributed by atoms with Crippen LogP contribution in [0.5, 0.6) is 0 Å². The van der Waals surface area contributed by atoms with Crippen molar-refractivity contribution in [1.82, 2.24) is 9.38 Å². The SMILES string of the molecule is CCCN=Cc1c(NCCC)nc2ccccn2c1=O. The highest BCUT2D eigenvalue weighted by molar-refractivity contribution is 5.86. The zero-order chi connectivity index (χ0) is 14.4. The Morgan fingerprint density at radius 2 is 2.20 bits per heavy atom. The second kappa shape index (κ2) is 6.84. The second-order valence-electron chi connectivity index (χ2n) is 4.57. The molecule has 0 aliphatic carbocycles. The minimum Gasteiger partial charge on any atom is -0.369 e. The number of rotatable bonds is 6. The third-order valence-electron chi connectivity index (χ3n) is 2.88. The van der Waals surface area contributed by atoms with Crippen LogP contribution in [0.3, 0.4) is 0 Å². The van der Waals surface area contributed by atoms with Crippen LogP contribution in [-0.4, -0.2) is 28.7 Å². The van der Waals surface area contributed by atoms with Crippen molar-refractivity contribution in [3.63, 3.8) is 0 Å². The fourth-order valence-corrected chi connectivity index (χ4v) is 1.88. The molecule has 1 N–H and O–H groups in total. The smallest absolute Gasteiger partial charge is 0.268 e. The lowest BCUT2D eigenvalue weighted by Crippen LogP contribution is -2.22. The predicted octanol–water partition coefficient (Wildman–Crippen LogP) is 2.35. The summed E-state index contributed by atoms with van der Waals surface area (Å²) < 4.78 is 1.55. The number of hydrogen-bond acceptors (Lipinski definition) is 4. The first kappa shape index (κ1) is 14.2. The van der Waals surface area contributed by atoms with Crippen molar-refractivity contribution in [2.45, 2.75) is 26.7 Å². The van der Waals surface area contributed by atoms with Crippen molar-refractivity contribution in [3.8, 4) is 0 Å². The number of fused-ring (bicyclic) bond motifs is 1. The van der Waals surface area contributed by atoms with Crippen LogP contribution in [0.2, 0.25) is 0 Å². The van der Waals surface area contributed by atoms with Crippen LogP contribution < -0.4 is 10.9 Å². The molecule has 0 unspecified atom stereocenters. The molecule has 2 rings (SSSR count). The average Bonchev–Trinajstić information content (AvgIpc) is 2.48. The summed E-state index contributed by atoms with van der Waals surface area (Å²) in [5, 5.41) is 3.21. The Labute approximate surface area is 118 Å². The highest BCUT2D eigenvalue weighted by atomic mass is 16.1. The number of hydrogen-bond donors (Lipinski definition) is 1. The Balaban J connectivity index is 2.54. The van der Waals surface area contributed by atoms with E-state index in [0.717, 1.165) is 19.4 Å². The van der Waals surface area contributed by atoms with Gasteiger partial charge < -0.3 is 5.32 Å². The molecule has 5 nitrogen and oxygen atoms in total. The van der Waals surface area contributed by atoms with E-state index < -0.39 is 0 Å². The van der Waals surface area contributed by atoms with Gasteiger partial charge in [0.25, 0.3) is 5.56 Å². The van der Waals surface area contributed by atoms with Crippen LogP contribution in [0.15, 0.2) is 34.2 Å². The number of nitrogens with zero attached hydrogens (tertiary/aromatic N) is 3. The molecule has 0 saturated heterocycles. The largest absolute Gasteiger partial charge is 0.369 e. The third kappa shape index (κ3) is 3.04. The topological polar surface area (TPSA) is 58.8 Å². The lowest BCUT2D eigenvalue weighted by atomic mass is 10.3. The highest BCUT2D eigenvalue weighted by Gasteiger charge is 2.10. The second-order valence-corrected chi connectivity index (χ2v) is 4.57. The van der Waals surface area contributed by atoms with Gasteiger partial charge in [-0.3, -0.25) is 14.2 Å². The Hall–Kier alpha value is -2.17. The van der Waals surface area contributed by atoms with E-state index in [-0.39, 0.29) is 5.56 Å². The molecule has 106 valence electrons. The van der Waals surface area contributed by atoms with Gasteiger partial charge in [0.15, 0.2) is 0 Å². The van der Waals surface area contributed by atoms with Gasteiger partial charge in [0.1, 0.15) is 17.0 Å². The standard InChI is InChI=1S/C15H20N4O/c1-3-8-16-11-12-14(17-9-4-2)18-13-7-5-6-10-19(13)15(12)20/h5-7,10-11,17H,3-4,8-9H2,1-2H3. The average molecular weight is 272 g/mol. The summed E-state index contributed by atoms with van der Waals surface area (Å²) in [7, 11) is 0. The summed E-state index contributed by atoms with van der Waals surface area (Å²) in [6.45, 7) is 5.62. The minimum atomic E-state index is -0.0888. The lowest BCUT2D eigenvalue weighted by Gasteiger charge is -2.09. The van der Waals surface area contributed by atoms with Crippen LogP contribution in [0.25, 0.3) is 5.65 Å². The quantitative estimate of drug-likeness (QED) is 0.821. The normalized spacial score (nSPS) is 11.3. The Morgan fingerprint density at radius 1 is 1.35 bits per heavy atom. The molecule has 2 heterocycles. The van der Waals surface area contributed by atoms with Crippen LogP contribution >= 0.6 is 0 Å². The fraction of sp³-hybridized carbons (Fsp3) is 0.400. The maximum atomic E-state index is 12.5. The van der Waals surface area contributed by atoms with E-state index in [4.69, 9.17) is 0 Å². The molecule has 0 fully saturated rings. The van der Waals surface area contributed by atoms with Crippen LogP contribution in [-0.2, 0) is 0 Å². The monoisotopic (exact) mass is 272 g/mol. The number of nitrogens with one attached hydrogen (secondary N) is 1. The maximum Gasteiger partial charge on any atom is 0.268 e. The molecule has 0 aliphatic rings. The van der Waals surface area contributed by atoms with Gasteiger partial charge in [-0.1, -0.05) is 19.9 Å². The lowest BCUT2D eigenvalue weighted by molar-refractivity contribution is 0.933. The summed E-state index contributed by atoms with van der Waals surface area (Å²) in [5.41, 5.74) is 1.08. The molecular weight excluding hydrogens is 252 g/mol.